The fourth-order valence-corrected chi connectivity index (χ4v) is 1.96. The van der Waals surface area contributed by atoms with Crippen molar-refractivity contribution in [1.29, 1.82) is 0 Å². The standard InChI is InChI=1S/C14H20N2O/c1-11-4-2-5-13(10-11)16(9-3-8-15)14(17)12-6-7-12/h2,4-5,10,12H,3,6-9,15H2,1H3. The molecule has 2 rings (SSSR count). The van der Waals surface area contributed by atoms with Crippen molar-refractivity contribution in [2.24, 2.45) is 11.7 Å². The van der Waals surface area contributed by atoms with E-state index in [0.29, 0.717) is 6.54 Å². The van der Waals surface area contributed by atoms with Crippen molar-refractivity contribution >= 4 is 11.6 Å². The Labute approximate surface area is 103 Å². The Balaban J connectivity index is 2.16. The van der Waals surface area contributed by atoms with E-state index in [1.165, 1.54) is 5.56 Å². The summed E-state index contributed by atoms with van der Waals surface area (Å²) in [6.07, 6.45) is 2.94. The molecule has 0 saturated heterocycles. The molecule has 0 heterocycles. The number of carbonyl (C=O) groups is 1. The summed E-state index contributed by atoms with van der Waals surface area (Å²) in [6.45, 7) is 3.40. The Kier molecular flexibility index (Phi) is 3.79. The summed E-state index contributed by atoms with van der Waals surface area (Å²) < 4.78 is 0. The summed E-state index contributed by atoms with van der Waals surface area (Å²) in [5.41, 5.74) is 7.73. The fraction of sp³-hybridized carbons (Fsp3) is 0.500. The third kappa shape index (κ3) is 3.07. The summed E-state index contributed by atoms with van der Waals surface area (Å²) in [4.78, 5) is 14.1. The van der Waals surface area contributed by atoms with E-state index in [1.54, 1.807) is 0 Å². The number of nitrogens with two attached hydrogens (primary N) is 1. The van der Waals surface area contributed by atoms with Gasteiger partial charge in [0.1, 0.15) is 0 Å². The molecule has 0 spiro atoms. The van der Waals surface area contributed by atoms with E-state index < -0.39 is 0 Å². The van der Waals surface area contributed by atoms with E-state index in [0.717, 1.165) is 31.5 Å². The largest absolute Gasteiger partial charge is 0.330 e. The molecule has 1 aliphatic rings. The van der Waals surface area contributed by atoms with Gasteiger partial charge in [-0.1, -0.05) is 12.1 Å². The van der Waals surface area contributed by atoms with Gasteiger partial charge in [-0.3, -0.25) is 4.79 Å². The maximum Gasteiger partial charge on any atom is 0.230 e. The molecule has 0 aromatic heterocycles. The minimum absolute atomic E-state index is 0.258. The van der Waals surface area contributed by atoms with E-state index in [9.17, 15) is 4.79 Å². The highest BCUT2D eigenvalue weighted by Gasteiger charge is 2.33. The predicted molar refractivity (Wildman–Crippen MR) is 69.9 cm³/mol. The lowest BCUT2D eigenvalue weighted by atomic mass is 10.2. The van der Waals surface area contributed by atoms with Crippen molar-refractivity contribution in [2.45, 2.75) is 26.2 Å². The normalized spacial score (nSPS) is 14.7. The van der Waals surface area contributed by atoms with Crippen molar-refractivity contribution in [2.75, 3.05) is 18.0 Å². The second-order valence-corrected chi connectivity index (χ2v) is 4.75. The van der Waals surface area contributed by atoms with Gasteiger partial charge in [0, 0.05) is 18.2 Å². The molecule has 0 aliphatic heterocycles. The van der Waals surface area contributed by atoms with Gasteiger partial charge in [-0.05, 0) is 50.4 Å². The zero-order valence-electron chi connectivity index (χ0n) is 10.4. The summed E-state index contributed by atoms with van der Waals surface area (Å²) >= 11 is 0. The highest BCUT2D eigenvalue weighted by atomic mass is 16.2. The van der Waals surface area contributed by atoms with Crippen LogP contribution in [0.1, 0.15) is 24.8 Å². The van der Waals surface area contributed by atoms with Crippen LogP contribution < -0.4 is 10.6 Å². The Hall–Kier alpha value is -1.35. The Morgan fingerprint density at radius 1 is 1.47 bits per heavy atom. The maximum atomic E-state index is 12.2. The number of aryl methyl sites for hydroxylation is 1. The lowest BCUT2D eigenvalue weighted by molar-refractivity contribution is -0.119. The highest BCUT2D eigenvalue weighted by molar-refractivity contribution is 5.96. The molecule has 0 bridgehead atoms. The molecule has 1 saturated carbocycles. The van der Waals surface area contributed by atoms with Gasteiger partial charge < -0.3 is 10.6 Å². The molecule has 0 atom stereocenters. The minimum atomic E-state index is 0.258. The highest BCUT2D eigenvalue weighted by Crippen LogP contribution is 2.33. The molecule has 0 radical (unpaired) electrons. The van der Waals surface area contributed by atoms with Crippen LogP contribution in [0.25, 0.3) is 0 Å². The van der Waals surface area contributed by atoms with E-state index in [2.05, 4.69) is 6.07 Å². The van der Waals surface area contributed by atoms with E-state index in [-0.39, 0.29) is 11.8 Å². The van der Waals surface area contributed by atoms with Gasteiger partial charge in [-0.2, -0.15) is 0 Å². The molecule has 1 aromatic rings. The van der Waals surface area contributed by atoms with E-state index in [4.69, 9.17) is 5.73 Å². The van der Waals surface area contributed by atoms with E-state index in [1.807, 2.05) is 30.0 Å². The van der Waals surface area contributed by atoms with Crippen LogP contribution in [0.4, 0.5) is 5.69 Å². The molecule has 1 fully saturated rings. The zero-order valence-corrected chi connectivity index (χ0v) is 10.4. The number of benzene rings is 1. The second-order valence-electron chi connectivity index (χ2n) is 4.75. The molecule has 1 amide bonds. The summed E-state index contributed by atoms with van der Waals surface area (Å²) in [5.74, 6) is 0.525. The molecule has 2 N–H and O–H groups in total. The van der Waals surface area contributed by atoms with Gasteiger partial charge in [0.05, 0.1) is 0 Å². The third-order valence-electron chi connectivity index (χ3n) is 3.09. The van der Waals surface area contributed by atoms with Crippen molar-refractivity contribution < 1.29 is 4.79 Å². The lowest BCUT2D eigenvalue weighted by Gasteiger charge is -2.23. The van der Waals surface area contributed by atoms with Gasteiger partial charge >= 0.3 is 0 Å². The van der Waals surface area contributed by atoms with Gasteiger partial charge in [-0.25, -0.2) is 0 Å². The monoisotopic (exact) mass is 232 g/mol. The van der Waals surface area contributed by atoms with Gasteiger partial charge in [0.15, 0.2) is 0 Å². The predicted octanol–water partition coefficient (Wildman–Crippen LogP) is 2.09. The van der Waals surface area contributed by atoms with Crippen LogP contribution in [-0.2, 0) is 4.79 Å². The van der Waals surface area contributed by atoms with Gasteiger partial charge in [0.2, 0.25) is 5.91 Å². The van der Waals surface area contributed by atoms with Crippen LogP contribution in [0.5, 0.6) is 0 Å². The number of carbonyl (C=O) groups excluding carboxylic acids is 1. The average molecular weight is 232 g/mol. The number of nitrogens with zero attached hydrogens (tertiary/aromatic N) is 1. The Morgan fingerprint density at radius 3 is 2.82 bits per heavy atom. The quantitative estimate of drug-likeness (QED) is 0.845. The molecule has 0 unspecified atom stereocenters. The summed E-state index contributed by atoms with van der Waals surface area (Å²) in [5, 5.41) is 0. The topological polar surface area (TPSA) is 46.3 Å². The number of hydrogen-bond acceptors (Lipinski definition) is 2. The fourth-order valence-electron chi connectivity index (χ4n) is 1.96. The molecule has 1 aliphatic carbocycles. The van der Waals surface area contributed by atoms with Crippen molar-refractivity contribution in [1.82, 2.24) is 0 Å². The Morgan fingerprint density at radius 2 is 2.24 bits per heavy atom. The molecule has 3 heteroatoms. The molecule has 3 nitrogen and oxygen atoms in total. The molecule has 1 aromatic carbocycles. The molecular formula is C14H20N2O. The summed E-state index contributed by atoms with van der Waals surface area (Å²) in [6, 6.07) is 8.12. The average Bonchev–Trinajstić information content (AvgIpc) is 3.13. The lowest BCUT2D eigenvalue weighted by Crippen LogP contribution is -2.34. The SMILES string of the molecule is Cc1cccc(N(CCCN)C(=O)C2CC2)c1. The number of anilines is 1. The maximum absolute atomic E-state index is 12.2. The molecule has 17 heavy (non-hydrogen) atoms. The number of hydrogen-bond donors (Lipinski definition) is 1. The van der Waals surface area contributed by atoms with Crippen LogP contribution in [0, 0.1) is 12.8 Å². The number of amides is 1. The minimum Gasteiger partial charge on any atom is -0.330 e. The smallest absolute Gasteiger partial charge is 0.230 e. The molecular weight excluding hydrogens is 212 g/mol. The van der Waals surface area contributed by atoms with Crippen LogP contribution in [0.15, 0.2) is 24.3 Å². The van der Waals surface area contributed by atoms with Crippen molar-refractivity contribution in [3.63, 3.8) is 0 Å². The summed E-state index contributed by atoms with van der Waals surface area (Å²) in [7, 11) is 0. The van der Waals surface area contributed by atoms with Crippen LogP contribution >= 0.6 is 0 Å². The first-order chi connectivity index (χ1) is 8.22. The number of rotatable bonds is 5. The first kappa shape index (κ1) is 12.1. The molecule has 92 valence electrons. The van der Waals surface area contributed by atoms with Crippen LogP contribution in [0.3, 0.4) is 0 Å². The van der Waals surface area contributed by atoms with Gasteiger partial charge in [0.25, 0.3) is 0 Å². The third-order valence-corrected chi connectivity index (χ3v) is 3.09. The second kappa shape index (κ2) is 5.32. The first-order valence-electron chi connectivity index (χ1n) is 6.30. The van der Waals surface area contributed by atoms with Crippen molar-refractivity contribution in [3.8, 4) is 0 Å². The first-order valence-corrected chi connectivity index (χ1v) is 6.30. The Bertz CT molecular complexity index is 399. The van der Waals surface area contributed by atoms with Crippen LogP contribution in [-0.4, -0.2) is 19.0 Å². The van der Waals surface area contributed by atoms with Crippen molar-refractivity contribution in [3.05, 3.63) is 29.8 Å². The van der Waals surface area contributed by atoms with E-state index >= 15 is 0 Å². The van der Waals surface area contributed by atoms with Gasteiger partial charge in [-0.15, -0.1) is 0 Å². The zero-order chi connectivity index (χ0) is 12.3. The van der Waals surface area contributed by atoms with Crippen LogP contribution in [0.2, 0.25) is 0 Å².